The largest absolute Gasteiger partial charge is 0.368 e. The quantitative estimate of drug-likeness (QED) is 0.586. The van der Waals surface area contributed by atoms with Gasteiger partial charge in [-0.1, -0.05) is 48.5 Å². The summed E-state index contributed by atoms with van der Waals surface area (Å²) in [5.41, 5.74) is 8.22. The number of carbonyl (C=O) groups is 2. The Morgan fingerprint density at radius 2 is 1.48 bits per heavy atom. The van der Waals surface area contributed by atoms with Gasteiger partial charge in [0.05, 0.1) is 6.04 Å². The lowest BCUT2D eigenvalue weighted by Crippen LogP contribution is -2.49. The predicted octanol–water partition coefficient (Wildman–Crippen LogP) is 2.65. The Balaban J connectivity index is 0.00000240. The molecule has 170 valence electrons. The lowest BCUT2D eigenvalue weighted by Gasteiger charge is -2.36. The summed E-state index contributed by atoms with van der Waals surface area (Å²) in [5, 5.41) is 2.85. The van der Waals surface area contributed by atoms with Gasteiger partial charge in [-0.3, -0.25) is 9.59 Å². The van der Waals surface area contributed by atoms with Gasteiger partial charge >= 0.3 is 0 Å². The van der Waals surface area contributed by atoms with Gasteiger partial charge in [-0.15, -0.1) is 24.8 Å². The van der Waals surface area contributed by atoms with E-state index < -0.39 is 6.04 Å². The monoisotopic (exact) mass is 466 g/mol. The van der Waals surface area contributed by atoms with E-state index in [2.05, 4.69) is 22.3 Å². The molecular formula is C23H32Cl2N4O2. The molecule has 3 N–H and O–H groups in total. The molecule has 2 aromatic carbocycles. The maximum Gasteiger partial charge on any atom is 0.237 e. The number of anilines is 1. The second kappa shape index (κ2) is 13.9. The number of hydrogen-bond acceptors (Lipinski definition) is 4. The third kappa shape index (κ3) is 8.40. The summed E-state index contributed by atoms with van der Waals surface area (Å²) in [5.74, 6) is -0.0154. The Labute approximate surface area is 197 Å². The van der Waals surface area contributed by atoms with Gasteiger partial charge in [0.2, 0.25) is 11.8 Å². The first-order valence-corrected chi connectivity index (χ1v) is 10.3. The smallest absolute Gasteiger partial charge is 0.237 e. The van der Waals surface area contributed by atoms with Crippen LogP contribution in [-0.4, -0.2) is 55.5 Å². The highest BCUT2D eigenvalue weighted by atomic mass is 35.5. The summed E-state index contributed by atoms with van der Waals surface area (Å²) < 4.78 is 0. The van der Waals surface area contributed by atoms with Gasteiger partial charge in [0, 0.05) is 44.8 Å². The van der Waals surface area contributed by atoms with Gasteiger partial charge in [0.15, 0.2) is 0 Å². The number of piperazine rings is 1. The number of amides is 2. The Morgan fingerprint density at radius 3 is 2.10 bits per heavy atom. The number of nitrogens with two attached hydrogens (primary N) is 1. The SMILES string of the molecule is Cl.Cl.NC(Cc1ccccc1)C(=O)NCCCC(=O)N1CCN(c2ccccc2)CC1. The van der Waals surface area contributed by atoms with E-state index in [1.807, 2.05) is 53.4 Å². The molecule has 0 bridgehead atoms. The molecule has 0 saturated carbocycles. The minimum absolute atomic E-state index is 0. The fourth-order valence-corrected chi connectivity index (χ4v) is 3.55. The maximum absolute atomic E-state index is 12.4. The molecule has 1 heterocycles. The molecule has 1 aliphatic heterocycles. The molecule has 2 amide bonds. The van der Waals surface area contributed by atoms with Gasteiger partial charge < -0.3 is 20.9 Å². The summed E-state index contributed by atoms with van der Waals surface area (Å²) in [6.07, 6.45) is 1.58. The molecule has 0 radical (unpaired) electrons. The van der Waals surface area contributed by atoms with Gasteiger partial charge in [-0.2, -0.15) is 0 Å². The number of rotatable bonds is 8. The average molecular weight is 467 g/mol. The summed E-state index contributed by atoms with van der Waals surface area (Å²) in [6.45, 7) is 3.64. The van der Waals surface area contributed by atoms with Crippen LogP contribution in [-0.2, 0) is 16.0 Å². The highest BCUT2D eigenvalue weighted by Crippen LogP contribution is 2.16. The van der Waals surface area contributed by atoms with Crippen molar-refractivity contribution < 1.29 is 9.59 Å². The lowest BCUT2D eigenvalue weighted by atomic mass is 10.1. The third-order valence-corrected chi connectivity index (χ3v) is 5.26. The first-order valence-electron chi connectivity index (χ1n) is 10.3. The molecule has 31 heavy (non-hydrogen) atoms. The van der Waals surface area contributed by atoms with Crippen LogP contribution in [0.4, 0.5) is 5.69 Å². The Morgan fingerprint density at radius 1 is 0.903 bits per heavy atom. The number of nitrogens with zero attached hydrogens (tertiary/aromatic N) is 2. The molecule has 6 nitrogen and oxygen atoms in total. The van der Waals surface area contributed by atoms with Gasteiger partial charge in [0.25, 0.3) is 0 Å². The van der Waals surface area contributed by atoms with Gasteiger partial charge in [-0.05, 0) is 30.5 Å². The molecule has 0 spiro atoms. The molecule has 0 aromatic heterocycles. The Bertz CT molecular complexity index is 785. The van der Waals surface area contributed by atoms with Crippen molar-refractivity contribution in [1.29, 1.82) is 0 Å². The summed E-state index contributed by atoms with van der Waals surface area (Å²) in [7, 11) is 0. The molecule has 1 atom stereocenters. The van der Waals surface area contributed by atoms with E-state index in [-0.39, 0.29) is 36.6 Å². The van der Waals surface area contributed by atoms with E-state index >= 15 is 0 Å². The van der Waals surface area contributed by atoms with Crippen molar-refractivity contribution in [3.05, 3.63) is 66.2 Å². The van der Waals surface area contributed by atoms with Gasteiger partial charge in [-0.25, -0.2) is 0 Å². The van der Waals surface area contributed by atoms with Crippen molar-refractivity contribution in [3.8, 4) is 0 Å². The van der Waals surface area contributed by atoms with E-state index in [4.69, 9.17) is 5.73 Å². The third-order valence-electron chi connectivity index (χ3n) is 5.26. The summed E-state index contributed by atoms with van der Waals surface area (Å²) in [4.78, 5) is 28.8. The van der Waals surface area contributed by atoms with Crippen molar-refractivity contribution in [3.63, 3.8) is 0 Å². The first-order chi connectivity index (χ1) is 14.1. The lowest BCUT2D eigenvalue weighted by molar-refractivity contribution is -0.131. The second-order valence-electron chi connectivity index (χ2n) is 7.39. The van der Waals surface area contributed by atoms with Crippen LogP contribution in [0.15, 0.2) is 60.7 Å². The molecule has 0 aliphatic carbocycles. The van der Waals surface area contributed by atoms with E-state index in [9.17, 15) is 9.59 Å². The van der Waals surface area contributed by atoms with Crippen molar-refractivity contribution >= 4 is 42.3 Å². The molecule has 3 rings (SSSR count). The average Bonchev–Trinajstić information content (AvgIpc) is 2.77. The van der Waals surface area contributed by atoms with Crippen LogP contribution in [0.1, 0.15) is 18.4 Å². The number of halogens is 2. The number of para-hydroxylation sites is 1. The molecule has 2 aromatic rings. The molecule has 1 aliphatic rings. The molecule has 8 heteroatoms. The second-order valence-corrected chi connectivity index (χ2v) is 7.39. The van der Waals surface area contributed by atoms with E-state index in [1.165, 1.54) is 5.69 Å². The van der Waals surface area contributed by atoms with Crippen LogP contribution < -0.4 is 16.0 Å². The zero-order valence-corrected chi connectivity index (χ0v) is 19.2. The van der Waals surface area contributed by atoms with Crippen LogP contribution in [0.25, 0.3) is 0 Å². The van der Waals surface area contributed by atoms with Crippen LogP contribution in [0.5, 0.6) is 0 Å². The Kier molecular flexibility index (Phi) is 12.0. The molecular weight excluding hydrogens is 435 g/mol. The van der Waals surface area contributed by atoms with Crippen LogP contribution in [0, 0.1) is 0 Å². The fraction of sp³-hybridized carbons (Fsp3) is 0.391. The highest BCUT2D eigenvalue weighted by molar-refractivity contribution is 5.85. The minimum Gasteiger partial charge on any atom is -0.368 e. The van der Waals surface area contributed by atoms with Crippen molar-refractivity contribution in [2.24, 2.45) is 5.73 Å². The number of benzene rings is 2. The zero-order valence-electron chi connectivity index (χ0n) is 17.6. The summed E-state index contributed by atoms with van der Waals surface area (Å²) >= 11 is 0. The number of carbonyl (C=O) groups excluding carboxylic acids is 2. The molecule has 1 unspecified atom stereocenters. The van der Waals surface area contributed by atoms with Crippen LogP contribution >= 0.6 is 24.8 Å². The zero-order chi connectivity index (χ0) is 20.5. The Hall–Kier alpha value is -2.28. The van der Waals surface area contributed by atoms with Crippen molar-refractivity contribution in [2.45, 2.75) is 25.3 Å². The standard InChI is InChI=1S/C23H30N4O2.2ClH/c24-21(18-19-8-3-1-4-9-19)23(29)25-13-7-12-22(28)27-16-14-26(15-17-27)20-10-5-2-6-11-20;;/h1-6,8-11,21H,7,12-18,24H2,(H,25,29);2*1H. The first kappa shape index (κ1) is 26.8. The van der Waals surface area contributed by atoms with Crippen molar-refractivity contribution in [1.82, 2.24) is 10.2 Å². The highest BCUT2D eigenvalue weighted by Gasteiger charge is 2.21. The normalized spacial score (nSPS) is 14.1. The predicted molar refractivity (Wildman–Crippen MR) is 130 cm³/mol. The number of hydrogen-bond donors (Lipinski definition) is 2. The van der Waals surface area contributed by atoms with Crippen LogP contribution in [0.3, 0.4) is 0 Å². The van der Waals surface area contributed by atoms with Gasteiger partial charge in [0.1, 0.15) is 0 Å². The summed E-state index contributed by atoms with van der Waals surface area (Å²) in [6, 6.07) is 19.4. The van der Waals surface area contributed by atoms with Crippen molar-refractivity contribution in [2.75, 3.05) is 37.6 Å². The van der Waals surface area contributed by atoms with Crippen LogP contribution in [0.2, 0.25) is 0 Å². The van der Waals surface area contributed by atoms with E-state index in [1.54, 1.807) is 0 Å². The molecule has 1 fully saturated rings. The van der Waals surface area contributed by atoms with E-state index in [0.29, 0.717) is 25.8 Å². The van der Waals surface area contributed by atoms with E-state index in [0.717, 1.165) is 31.7 Å². The topological polar surface area (TPSA) is 78.7 Å². The fourth-order valence-electron chi connectivity index (χ4n) is 3.55. The maximum atomic E-state index is 12.4. The molecule has 1 saturated heterocycles. The minimum atomic E-state index is -0.570. The number of nitrogens with one attached hydrogen (secondary N) is 1.